The van der Waals surface area contributed by atoms with Crippen LogP contribution in [0.4, 0.5) is 0 Å². The lowest BCUT2D eigenvalue weighted by Crippen LogP contribution is -1.89. The van der Waals surface area contributed by atoms with Crippen molar-refractivity contribution in [1.82, 2.24) is 0 Å². The van der Waals surface area contributed by atoms with Gasteiger partial charge in [-0.2, -0.15) is 0 Å². The zero-order chi connectivity index (χ0) is 5.23. The lowest BCUT2D eigenvalue weighted by Gasteiger charge is -1.98. The quantitative estimate of drug-likeness (QED) is 0.402. The molecule has 0 spiro atoms. The van der Waals surface area contributed by atoms with E-state index in [2.05, 4.69) is 20.4 Å². The molecule has 0 nitrogen and oxygen atoms in total. The maximum Gasteiger partial charge on any atom is -0.00159 e. The van der Waals surface area contributed by atoms with Crippen molar-refractivity contribution in [3.63, 3.8) is 0 Å². The highest BCUT2D eigenvalue weighted by atomic mass is 14.8. The van der Waals surface area contributed by atoms with E-state index in [0.29, 0.717) is 5.41 Å². The van der Waals surface area contributed by atoms with Gasteiger partial charge in [-0.1, -0.05) is 26.0 Å². The van der Waals surface area contributed by atoms with E-state index >= 15 is 0 Å². The molecule has 2 rings (SSSR count). The van der Waals surface area contributed by atoms with Gasteiger partial charge in [0.25, 0.3) is 0 Å². The Kier molecular flexibility index (Phi) is 0.314. The van der Waals surface area contributed by atoms with Gasteiger partial charge in [0.2, 0.25) is 0 Å². The SMILES string of the molecule is C=C1C2C(C)C12C. The summed E-state index contributed by atoms with van der Waals surface area (Å²) in [4.78, 5) is 0. The summed E-state index contributed by atoms with van der Waals surface area (Å²) >= 11 is 0. The Balaban J connectivity index is 2.31. The van der Waals surface area contributed by atoms with E-state index in [-0.39, 0.29) is 0 Å². The molecule has 0 aromatic heterocycles. The van der Waals surface area contributed by atoms with Crippen molar-refractivity contribution in [3.8, 4) is 0 Å². The van der Waals surface area contributed by atoms with Crippen molar-refractivity contribution in [2.24, 2.45) is 17.3 Å². The second-order valence-electron chi connectivity index (χ2n) is 3.07. The molecule has 2 saturated carbocycles. The first kappa shape index (κ1) is 3.71. The number of hydrogen-bond acceptors (Lipinski definition) is 0. The summed E-state index contributed by atoms with van der Waals surface area (Å²) in [6.45, 7) is 8.53. The van der Waals surface area contributed by atoms with Crippen LogP contribution in [0.1, 0.15) is 13.8 Å². The Morgan fingerprint density at radius 1 is 1.71 bits per heavy atom. The minimum absolute atomic E-state index is 0.639. The standard InChI is InChI=1S/C7H10/c1-4-6-5(2)7(4,6)3/h5-6H,1H2,2-3H3. The second-order valence-corrected chi connectivity index (χ2v) is 3.07. The van der Waals surface area contributed by atoms with E-state index in [1.165, 1.54) is 5.57 Å². The molecule has 0 radical (unpaired) electrons. The molecule has 2 fully saturated rings. The molecule has 0 N–H and O–H groups in total. The Bertz CT molecular complexity index is 146. The van der Waals surface area contributed by atoms with Crippen LogP contribution < -0.4 is 0 Å². The topological polar surface area (TPSA) is 0 Å². The summed E-state index contributed by atoms with van der Waals surface area (Å²) in [5.41, 5.74) is 2.14. The molecule has 3 unspecified atom stereocenters. The van der Waals surface area contributed by atoms with Gasteiger partial charge in [-0.3, -0.25) is 0 Å². The van der Waals surface area contributed by atoms with Gasteiger partial charge in [-0.15, -0.1) is 0 Å². The number of hydrogen-bond donors (Lipinski definition) is 0. The fraction of sp³-hybridized carbons (Fsp3) is 0.714. The highest BCUT2D eigenvalue weighted by Crippen LogP contribution is 2.82. The van der Waals surface area contributed by atoms with Crippen LogP contribution in [0.15, 0.2) is 12.2 Å². The molecule has 0 bridgehead atoms. The van der Waals surface area contributed by atoms with Gasteiger partial charge in [-0.05, 0) is 17.3 Å². The summed E-state index contributed by atoms with van der Waals surface area (Å²) in [7, 11) is 0. The van der Waals surface area contributed by atoms with Crippen LogP contribution in [-0.4, -0.2) is 0 Å². The van der Waals surface area contributed by atoms with E-state index in [9.17, 15) is 0 Å². The molecule has 3 atom stereocenters. The maximum atomic E-state index is 3.92. The lowest BCUT2D eigenvalue weighted by molar-refractivity contribution is 0.656. The second kappa shape index (κ2) is 0.594. The molecule has 38 valence electrons. The zero-order valence-electron chi connectivity index (χ0n) is 4.86. The number of allylic oxidation sites excluding steroid dienone is 1. The Labute approximate surface area is 44.2 Å². The van der Waals surface area contributed by atoms with Crippen LogP contribution in [0, 0.1) is 17.3 Å². The third-order valence-corrected chi connectivity index (χ3v) is 2.97. The summed E-state index contributed by atoms with van der Waals surface area (Å²) in [6.07, 6.45) is 0. The van der Waals surface area contributed by atoms with Crippen molar-refractivity contribution in [1.29, 1.82) is 0 Å². The van der Waals surface area contributed by atoms with Gasteiger partial charge in [0.15, 0.2) is 0 Å². The van der Waals surface area contributed by atoms with Crippen LogP contribution in [-0.2, 0) is 0 Å². The summed E-state index contributed by atoms with van der Waals surface area (Å²) in [5, 5.41) is 0. The fourth-order valence-corrected chi connectivity index (χ4v) is 1.79. The van der Waals surface area contributed by atoms with Crippen LogP contribution in [0.5, 0.6) is 0 Å². The van der Waals surface area contributed by atoms with Gasteiger partial charge in [0.05, 0.1) is 0 Å². The van der Waals surface area contributed by atoms with E-state index in [1.54, 1.807) is 0 Å². The summed E-state index contributed by atoms with van der Waals surface area (Å²) < 4.78 is 0. The van der Waals surface area contributed by atoms with Crippen molar-refractivity contribution in [3.05, 3.63) is 12.2 Å². The Hall–Kier alpha value is -0.260. The zero-order valence-corrected chi connectivity index (χ0v) is 4.86. The highest BCUT2D eigenvalue weighted by molar-refractivity contribution is 5.50. The lowest BCUT2D eigenvalue weighted by atomic mass is 10.1. The maximum absolute atomic E-state index is 3.92. The Morgan fingerprint density at radius 3 is 2.14 bits per heavy atom. The molecule has 0 heteroatoms. The smallest absolute Gasteiger partial charge is 0.00159 e. The average molecular weight is 94.2 g/mol. The van der Waals surface area contributed by atoms with Crippen LogP contribution in [0.2, 0.25) is 0 Å². The van der Waals surface area contributed by atoms with Crippen molar-refractivity contribution < 1.29 is 0 Å². The minimum atomic E-state index is 0.639. The highest BCUT2D eigenvalue weighted by Gasteiger charge is 2.76. The van der Waals surface area contributed by atoms with Crippen molar-refractivity contribution >= 4 is 0 Å². The first-order chi connectivity index (χ1) is 3.19. The molecule has 2 aliphatic rings. The first-order valence-corrected chi connectivity index (χ1v) is 2.88. The molecular weight excluding hydrogens is 84.1 g/mol. The van der Waals surface area contributed by atoms with E-state index in [0.717, 1.165) is 11.8 Å². The van der Waals surface area contributed by atoms with Gasteiger partial charge in [0, 0.05) is 0 Å². The van der Waals surface area contributed by atoms with Gasteiger partial charge >= 0.3 is 0 Å². The van der Waals surface area contributed by atoms with Gasteiger partial charge in [-0.25, -0.2) is 0 Å². The number of fused-ring (bicyclic) bond motifs is 1. The third kappa shape index (κ3) is 0.170. The van der Waals surface area contributed by atoms with Crippen LogP contribution >= 0.6 is 0 Å². The molecule has 0 aromatic carbocycles. The molecule has 2 aliphatic carbocycles. The predicted molar refractivity (Wildman–Crippen MR) is 29.9 cm³/mol. The van der Waals surface area contributed by atoms with E-state index < -0.39 is 0 Å². The molecule has 0 aromatic rings. The number of rotatable bonds is 0. The third-order valence-electron chi connectivity index (χ3n) is 2.97. The average Bonchev–Trinajstić information content (AvgIpc) is 2.31. The monoisotopic (exact) mass is 94.1 g/mol. The normalized spacial score (nSPS) is 64.6. The minimum Gasteiger partial charge on any atom is -0.0990 e. The Morgan fingerprint density at radius 2 is 2.14 bits per heavy atom. The molecule has 0 heterocycles. The molecule has 0 aliphatic heterocycles. The van der Waals surface area contributed by atoms with E-state index in [1.807, 2.05) is 0 Å². The van der Waals surface area contributed by atoms with Gasteiger partial charge in [0.1, 0.15) is 0 Å². The van der Waals surface area contributed by atoms with Gasteiger partial charge < -0.3 is 0 Å². The van der Waals surface area contributed by atoms with E-state index in [4.69, 9.17) is 0 Å². The van der Waals surface area contributed by atoms with Crippen LogP contribution in [0.25, 0.3) is 0 Å². The summed E-state index contributed by atoms with van der Waals surface area (Å²) in [5.74, 6) is 1.91. The predicted octanol–water partition coefficient (Wildman–Crippen LogP) is 1.83. The van der Waals surface area contributed by atoms with Crippen LogP contribution in [0.3, 0.4) is 0 Å². The first-order valence-electron chi connectivity index (χ1n) is 2.88. The molecule has 0 saturated heterocycles. The summed E-state index contributed by atoms with van der Waals surface area (Å²) in [6, 6.07) is 0. The molecular formula is C7H10. The largest absolute Gasteiger partial charge is 0.0990 e. The van der Waals surface area contributed by atoms with Crippen molar-refractivity contribution in [2.75, 3.05) is 0 Å². The molecule has 0 amide bonds. The fourth-order valence-electron chi connectivity index (χ4n) is 1.79. The van der Waals surface area contributed by atoms with Crippen molar-refractivity contribution in [2.45, 2.75) is 13.8 Å². The molecule has 7 heavy (non-hydrogen) atoms.